The molecule has 3 N–H and O–H groups in total. The first-order chi connectivity index (χ1) is 5.34. The molecule has 0 aliphatic heterocycles. The SMILES string of the molecule is NC(CCCC(=O)O)C(F)(F)F. The van der Waals surface area contributed by atoms with Crippen LogP contribution in [-0.4, -0.2) is 23.3 Å². The van der Waals surface area contributed by atoms with Crippen LogP contribution in [0.25, 0.3) is 0 Å². The maximum Gasteiger partial charge on any atom is 0.403 e. The molecule has 0 amide bonds. The Morgan fingerprint density at radius 3 is 2.33 bits per heavy atom. The van der Waals surface area contributed by atoms with E-state index in [1.54, 1.807) is 0 Å². The molecule has 0 aromatic rings. The first kappa shape index (κ1) is 11.2. The van der Waals surface area contributed by atoms with Crippen molar-refractivity contribution < 1.29 is 23.1 Å². The Bertz CT molecular complexity index is 157. The summed E-state index contributed by atoms with van der Waals surface area (Å²) >= 11 is 0. The van der Waals surface area contributed by atoms with E-state index in [-0.39, 0.29) is 19.3 Å². The molecule has 12 heavy (non-hydrogen) atoms. The van der Waals surface area contributed by atoms with Crippen molar-refractivity contribution in [1.29, 1.82) is 0 Å². The second-order valence-corrected chi connectivity index (χ2v) is 2.43. The number of carboxylic acids is 1. The normalized spacial score (nSPS) is 14.3. The zero-order chi connectivity index (χ0) is 9.78. The number of alkyl halides is 3. The van der Waals surface area contributed by atoms with E-state index in [1.165, 1.54) is 0 Å². The molecule has 0 radical (unpaired) electrons. The number of halogens is 3. The molecular formula is C6H10F3NO2. The number of nitrogens with two attached hydrogens (primary N) is 1. The minimum absolute atomic E-state index is 0.0456. The summed E-state index contributed by atoms with van der Waals surface area (Å²) in [5.74, 6) is -1.11. The summed E-state index contributed by atoms with van der Waals surface area (Å²) in [4.78, 5) is 9.91. The number of rotatable bonds is 4. The monoisotopic (exact) mass is 185 g/mol. The van der Waals surface area contributed by atoms with Gasteiger partial charge >= 0.3 is 12.1 Å². The molecule has 0 bridgehead atoms. The number of carboxylic acid groups (broad SMARTS) is 1. The molecule has 0 spiro atoms. The third kappa shape index (κ3) is 4.95. The van der Waals surface area contributed by atoms with Crippen LogP contribution >= 0.6 is 0 Å². The van der Waals surface area contributed by atoms with Gasteiger partial charge in [0.2, 0.25) is 0 Å². The molecule has 0 rings (SSSR count). The molecule has 0 aromatic carbocycles. The Morgan fingerprint density at radius 1 is 1.50 bits per heavy atom. The van der Waals surface area contributed by atoms with Gasteiger partial charge in [-0.1, -0.05) is 0 Å². The summed E-state index contributed by atoms with van der Waals surface area (Å²) in [6.45, 7) is 0. The van der Waals surface area contributed by atoms with Gasteiger partial charge in [0.05, 0.1) is 0 Å². The lowest BCUT2D eigenvalue weighted by atomic mass is 10.1. The van der Waals surface area contributed by atoms with Crippen molar-refractivity contribution in [2.45, 2.75) is 31.5 Å². The van der Waals surface area contributed by atoms with Crippen LogP contribution in [0.2, 0.25) is 0 Å². The second kappa shape index (κ2) is 4.30. The number of hydrogen-bond acceptors (Lipinski definition) is 2. The molecule has 72 valence electrons. The maximum atomic E-state index is 11.7. The van der Waals surface area contributed by atoms with Crippen molar-refractivity contribution in [3.05, 3.63) is 0 Å². The smallest absolute Gasteiger partial charge is 0.403 e. The molecule has 0 saturated heterocycles. The number of aliphatic carboxylic acids is 1. The molecular weight excluding hydrogens is 175 g/mol. The first-order valence-corrected chi connectivity index (χ1v) is 3.38. The summed E-state index contributed by atoms with van der Waals surface area (Å²) in [5, 5.41) is 8.11. The van der Waals surface area contributed by atoms with Gasteiger partial charge in [-0.15, -0.1) is 0 Å². The number of hydrogen-bond donors (Lipinski definition) is 2. The highest BCUT2D eigenvalue weighted by Gasteiger charge is 2.35. The van der Waals surface area contributed by atoms with Crippen LogP contribution in [0, 0.1) is 0 Å². The molecule has 0 aliphatic carbocycles. The molecule has 0 aromatic heterocycles. The Labute approximate surface area is 67.4 Å². The van der Waals surface area contributed by atoms with Crippen molar-refractivity contribution in [1.82, 2.24) is 0 Å². The van der Waals surface area contributed by atoms with Crippen LogP contribution in [0.3, 0.4) is 0 Å². The highest BCUT2D eigenvalue weighted by atomic mass is 19.4. The molecule has 1 atom stereocenters. The fourth-order valence-corrected chi connectivity index (χ4v) is 0.637. The molecule has 0 aliphatic rings. The van der Waals surface area contributed by atoms with Gasteiger partial charge in [-0.2, -0.15) is 13.2 Å². The van der Waals surface area contributed by atoms with Crippen molar-refractivity contribution in [2.24, 2.45) is 5.73 Å². The summed E-state index contributed by atoms with van der Waals surface area (Å²) in [6.07, 6.45) is -5.08. The fraction of sp³-hybridized carbons (Fsp3) is 0.833. The Morgan fingerprint density at radius 2 is 2.00 bits per heavy atom. The van der Waals surface area contributed by atoms with E-state index in [2.05, 4.69) is 0 Å². The lowest BCUT2D eigenvalue weighted by Gasteiger charge is -2.14. The predicted molar refractivity (Wildman–Crippen MR) is 35.5 cm³/mol. The predicted octanol–water partition coefficient (Wildman–Crippen LogP) is 1.13. The minimum atomic E-state index is -4.42. The van der Waals surface area contributed by atoms with Crippen LogP contribution in [0.1, 0.15) is 19.3 Å². The van der Waals surface area contributed by atoms with Crippen molar-refractivity contribution in [3.63, 3.8) is 0 Å². The average molecular weight is 185 g/mol. The molecule has 0 saturated carbocycles. The van der Waals surface area contributed by atoms with Crippen LogP contribution in [0.15, 0.2) is 0 Å². The topological polar surface area (TPSA) is 63.3 Å². The minimum Gasteiger partial charge on any atom is -0.481 e. The third-order valence-corrected chi connectivity index (χ3v) is 1.33. The third-order valence-electron chi connectivity index (χ3n) is 1.33. The van der Waals surface area contributed by atoms with Crippen LogP contribution in [-0.2, 0) is 4.79 Å². The zero-order valence-electron chi connectivity index (χ0n) is 6.27. The lowest BCUT2D eigenvalue weighted by molar-refractivity contribution is -0.150. The molecule has 1 unspecified atom stereocenters. The lowest BCUT2D eigenvalue weighted by Crippen LogP contribution is -2.37. The van der Waals surface area contributed by atoms with Gasteiger partial charge in [-0.3, -0.25) is 4.79 Å². The molecule has 0 fully saturated rings. The van der Waals surface area contributed by atoms with Gasteiger partial charge in [0.15, 0.2) is 0 Å². The second-order valence-electron chi connectivity index (χ2n) is 2.43. The van der Waals surface area contributed by atoms with Crippen molar-refractivity contribution >= 4 is 5.97 Å². The van der Waals surface area contributed by atoms with Crippen LogP contribution < -0.4 is 5.73 Å². The summed E-state index contributed by atoms with van der Waals surface area (Å²) < 4.78 is 35.1. The van der Waals surface area contributed by atoms with E-state index in [1.807, 2.05) is 0 Å². The molecule has 0 heterocycles. The highest BCUT2D eigenvalue weighted by Crippen LogP contribution is 2.21. The van der Waals surface area contributed by atoms with E-state index in [4.69, 9.17) is 10.8 Å². The summed E-state index contributed by atoms with van der Waals surface area (Å²) in [5.41, 5.74) is 4.72. The number of carbonyl (C=O) groups is 1. The highest BCUT2D eigenvalue weighted by molar-refractivity contribution is 5.66. The Balaban J connectivity index is 3.58. The Hall–Kier alpha value is -0.780. The average Bonchev–Trinajstić information content (AvgIpc) is 1.84. The zero-order valence-corrected chi connectivity index (χ0v) is 6.27. The molecule has 6 heteroatoms. The largest absolute Gasteiger partial charge is 0.481 e. The van der Waals surface area contributed by atoms with Gasteiger partial charge in [-0.25, -0.2) is 0 Å². The van der Waals surface area contributed by atoms with E-state index in [0.29, 0.717) is 0 Å². The fourth-order valence-electron chi connectivity index (χ4n) is 0.637. The van der Waals surface area contributed by atoms with Gasteiger partial charge in [-0.05, 0) is 12.8 Å². The Kier molecular flexibility index (Phi) is 4.02. The molecule has 3 nitrogen and oxygen atoms in total. The maximum absolute atomic E-state index is 11.7. The summed E-state index contributed by atoms with van der Waals surface area (Å²) in [6, 6.07) is -1.91. The van der Waals surface area contributed by atoms with Crippen LogP contribution in [0.4, 0.5) is 13.2 Å². The van der Waals surface area contributed by atoms with Gasteiger partial charge in [0.1, 0.15) is 6.04 Å². The van der Waals surface area contributed by atoms with E-state index in [0.717, 1.165) is 0 Å². The van der Waals surface area contributed by atoms with Gasteiger partial charge in [0, 0.05) is 6.42 Å². The van der Waals surface area contributed by atoms with Crippen LogP contribution in [0.5, 0.6) is 0 Å². The van der Waals surface area contributed by atoms with Crippen molar-refractivity contribution in [2.75, 3.05) is 0 Å². The summed E-state index contributed by atoms with van der Waals surface area (Å²) in [7, 11) is 0. The van der Waals surface area contributed by atoms with E-state index in [9.17, 15) is 18.0 Å². The first-order valence-electron chi connectivity index (χ1n) is 3.38. The standard InChI is InChI=1S/C6H10F3NO2/c7-6(8,9)4(10)2-1-3-5(11)12/h4H,1-3,10H2,(H,11,12). The van der Waals surface area contributed by atoms with Gasteiger partial charge < -0.3 is 10.8 Å². The quantitative estimate of drug-likeness (QED) is 0.690. The van der Waals surface area contributed by atoms with Crippen molar-refractivity contribution in [3.8, 4) is 0 Å². The van der Waals surface area contributed by atoms with Gasteiger partial charge in [0.25, 0.3) is 0 Å². The van der Waals surface area contributed by atoms with E-state index >= 15 is 0 Å². The van der Waals surface area contributed by atoms with E-state index < -0.39 is 18.2 Å².